The second kappa shape index (κ2) is 5.91. The molecule has 2 radical (unpaired) electrons. The fourth-order valence-electron chi connectivity index (χ4n) is 2.18. The van der Waals surface area contributed by atoms with E-state index in [1.54, 1.807) is 24.3 Å². The highest BCUT2D eigenvalue weighted by atomic mass is 16.6. The van der Waals surface area contributed by atoms with Crippen molar-refractivity contribution >= 4 is 19.2 Å². The Balaban J connectivity index is 1.68. The Morgan fingerprint density at radius 3 is 2.67 bits per heavy atom. The van der Waals surface area contributed by atoms with E-state index in [0.717, 1.165) is 11.3 Å². The van der Waals surface area contributed by atoms with Crippen LogP contribution in [0.2, 0.25) is 0 Å². The van der Waals surface area contributed by atoms with Crippen LogP contribution in [0.25, 0.3) is 0 Å². The molecule has 0 spiro atoms. The summed E-state index contributed by atoms with van der Waals surface area (Å²) in [5, 5.41) is 2.85. The number of hydrogen-bond acceptors (Lipinski definition) is 3. The molecular weight excluding hydrogens is 265 g/mol. The Morgan fingerprint density at radius 2 is 1.86 bits per heavy atom. The number of carbonyl (C=O) groups is 1. The number of nitrogens with one attached hydrogen (secondary N) is 1. The average Bonchev–Trinajstić information content (AvgIpc) is 2.53. The van der Waals surface area contributed by atoms with Gasteiger partial charge in [0.25, 0.3) is 5.91 Å². The molecule has 0 aliphatic carbocycles. The van der Waals surface area contributed by atoms with Crippen LogP contribution in [0, 0.1) is 0 Å². The number of carbonyl (C=O) groups excluding carboxylic acids is 1. The van der Waals surface area contributed by atoms with Gasteiger partial charge in [-0.1, -0.05) is 35.8 Å². The fourth-order valence-corrected chi connectivity index (χ4v) is 2.18. The monoisotopic (exact) mass is 279 g/mol. The summed E-state index contributed by atoms with van der Waals surface area (Å²) in [6.07, 6.45) is 0. The van der Waals surface area contributed by atoms with Crippen LogP contribution in [-0.2, 0) is 6.54 Å². The first-order valence-electron chi connectivity index (χ1n) is 6.75. The molecule has 1 aliphatic rings. The van der Waals surface area contributed by atoms with Crippen LogP contribution in [-0.4, -0.2) is 27.0 Å². The van der Waals surface area contributed by atoms with Gasteiger partial charge in [-0.2, -0.15) is 0 Å². The van der Waals surface area contributed by atoms with E-state index in [0.29, 0.717) is 36.5 Å². The van der Waals surface area contributed by atoms with Crippen LogP contribution in [0.15, 0.2) is 42.5 Å². The Morgan fingerprint density at radius 1 is 1.10 bits per heavy atom. The summed E-state index contributed by atoms with van der Waals surface area (Å²) in [6, 6.07) is 12.6. The molecule has 21 heavy (non-hydrogen) atoms. The summed E-state index contributed by atoms with van der Waals surface area (Å²) in [7, 11) is 5.78. The Bertz CT molecular complexity index is 672. The van der Waals surface area contributed by atoms with E-state index in [1.807, 2.05) is 18.2 Å². The lowest BCUT2D eigenvalue weighted by molar-refractivity contribution is 0.0952. The van der Waals surface area contributed by atoms with Crippen LogP contribution in [0.4, 0.5) is 0 Å². The highest BCUT2D eigenvalue weighted by molar-refractivity contribution is 6.36. The van der Waals surface area contributed by atoms with E-state index in [1.165, 1.54) is 0 Å². The van der Waals surface area contributed by atoms with Crippen LogP contribution < -0.4 is 20.3 Å². The van der Waals surface area contributed by atoms with E-state index < -0.39 is 0 Å². The molecule has 1 aliphatic heterocycles. The Kier molecular flexibility index (Phi) is 3.82. The first kappa shape index (κ1) is 13.6. The third-order valence-electron chi connectivity index (χ3n) is 3.27. The zero-order valence-corrected chi connectivity index (χ0v) is 11.5. The van der Waals surface area contributed by atoms with Crippen molar-refractivity contribution in [2.75, 3.05) is 13.2 Å². The predicted molar refractivity (Wildman–Crippen MR) is 80.4 cm³/mol. The summed E-state index contributed by atoms with van der Waals surface area (Å²) in [5.74, 6) is 1.26. The number of rotatable bonds is 3. The van der Waals surface area contributed by atoms with Gasteiger partial charge in [0.15, 0.2) is 11.5 Å². The van der Waals surface area contributed by atoms with Gasteiger partial charge >= 0.3 is 0 Å². The molecule has 0 atom stereocenters. The molecule has 5 heteroatoms. The highest BCUT2D eigenvalue weighted by Crippen LogP contribution is 2.30. The van der Waals surface area contributed by atoms with Crippen molar-refractivity contribution in [2.24, 2.45) is 0 Å². The molecule has 1 amide bonds. The summed E-state index contributed by atoms with van der Waals surface area (Å²) in [5.41, 5.74) is 1.90. The van der Waals surface area contributed by atoms with Crippen molar-refractivity contribution in [1.29, 1.82) is 0 Å². The van der Waals surface area contributed by atoms with Crippen molar-refractivity contribution < 1.29 is 14.3 Å². The first-order valence-corrected chi connectivity index (χ1v) is 6.75. The van der Waals surface area contributed by atoms with Crippen molar-refractivity contribution in [3.63, 3.8) is 0 Å². The molecule has 0 saturated heterocycles. The van der Waals surface area contributed by atoms with E-state index in [-0.39, 0.29) is 5.91 Å². The lowest BCUT2D eigenvalue weighted by Crippen LogP contribution is -2.28. The summed E-state index contributed by atoms with van der Waals surface area (Å²) >= 11 is 0. The number of hydrogen-bond donors (Lipinski definition) is 1. The third kappa shape index (κ3) is 3.02. The lowest BCUT2D eigenvalue weighted by Gasteiger charge is -2.19. The average molecular weight is 279 g/mol. The predicted octanol–water partition coefficient (Wildman–Crippen LogP) is 1.18. The minimum atomic E-state index is -0.192. The first-order chi connectivity index (χ1) is 10.2. The molecule has 1 N–H and O–H groups in total. The van der Waals surface area contributed by atoms with Crippen molar-refractivity contribution in [1.82, 2.24) is 5.32 Å². The van der Waals surface area contributed by atoms with Gasteiger partial charge in [-0.25, -0.2) is 0 Å². The number of ether oxygens (including phenoxy) is 2. The van der Waals surface area contributed by atoms with Crippen LogP contribution in [0.1, 0.15) is 15.9 Å². The van der Waals surface area contributed by atoms with Crippen molar-refractivity contribution in [3.8, 4) is 11.5 Å². The number of amides is 1. The van der Waals surface area contributed by atoms with Gasteiger partial charge in [-0.05, 0) is 17.7 Å². The maximum absolute atomic E-state index is 12.1. The number of benzene rings is 2. The molecule has 104 valence electrons. The zero-order valence-electron chi connectivity index (χ0n) is 11.5. The van der Waals surface area contributed by atoms with Crippen LogP contribution >= 0.6 is 0 Å². The highest BCUT2D eigenvalue weighted by Gasteiger charge is 2.12. The van der Waals surface area contributed by atoms with Gasteiger partial charge in [0, 0.05) is 12.1 Å². The standard InChI is InChI=1S/C16H14BNO3/c17-13-4-2-1-3-12(13)16(19)18-10-11-5-6-14-15(9-11)21-8-7-20-14/h1-6,9H,7-8,10H2,(H,18,19). The normalized spacial score (nSPS) is 12.8. The van der Waals surface area contributed by atoms with E-state index in [9.17, 15) is 4.79 Å². The van der Waals surface area contributed by atoms with Gasteiger partial charge in [0.05, 0.1) is 0 Å². The molecule has 3 rings (SSSR count). The minimum absolute atomic E-state index is 0.192. The SMILES string of the molecule is [B]c1ccccc1C(=O)NCc1ccc2c(c1)OCCO2. The summed E-state index contributed by atoms with van der Waals surface area (Å²) in [6.45, 7) is 1.52. The lowest BCUT2D eigenvalue weighted by atomic mass is 9.90. The Hall–Kier alpha value is -2.43. The maximum atomic E-state index is 12.1. The molecule has 0 bridgehead atoms. The maximum Gasteiger partial charge on any atom is 0.250 e. The summed E-state index contributed by atoms with van der Waals surface area (Å²) < 4.78 is 11.0. The zero-order chi connectivity index (χ0) is 14.7. The van der Waals surface area contributed by atoms with E-state index in [4.69, 9.17) is 17.3 Å². The number of fused-ring (bicyclic) bond motifs is 1. The second-order valence-corrected chi connectivity index (χ2v) is 4.75. The molecule has 2 aromatic carbocycles. The largest absolute Gasteiger partial charge is 0.486 e. The van der Waals surface area contributed by atoms with Crippen LogP contribution in [0.3, 0.4) is 0 Å². The molecule has 2 aromatic rings. The van der Waals surface area contributed by atoms with Gasteiger partial charge < -0.3 is 14.8 Å². The molecule has 0 fully saturated rings. The molecular formula is C16H14BNO3. The third-order valence-corrected chi connectivity index (χ3v) is 3.27. The van der Waals surface area contributed by atoms with Crippen molar-refractivity contribution in [3.05, 3.63) is 53.6 Å². The van der Waals surface area contributed by atoms with Crippen molar-refractivity contribution in [2.45, 2.75) is 6.54 Å². The Labute approximate surface area is 124 Å². The van der Waals surface area contributed by atoms with Gasteiger partial charge in [-0.15, -0.1) is 0 Å². The van der Waals surface area contributed by atoms with E-state index >= 15 is 0 Å². The minimum Gasteiger partial charge on any atom is -0.486 e. The molecule has 0 saturated carbocycles. The molecule has 0 aromatic heterocycles. The smallest absolute Gasteiger partial charge is 0.250 e. The van der Waals surface area contributed by atoms with E-state index in [2.05, 4.69) is 5.32 Å². The fraction of sp³-hybridized carbons (Fsp3) is 0.188. The topological polar surface area (TPSA) is 47.6 Å². The second-order valence-electron chi connectivity index (χ2n) is 4.75. The van der Waals surface area contributed by atoms with Crippen LogP contribution in [0.5, 0.6) is 11.5 Å². The quantitative estimate of drug-likeness (QED) is 0.858. The van der Waals surface area contributed by atoms with Gasteiger partial charge in [-0.3, -0.25) is 4.79 Å². The van der Waals surface area contributed by atoms with Gasteiger partial charge in [0.2, 0.25) is 0 Å². The molecule has 1 heterocycles. The summed E-state index contributed by atoms with van der Waals surface area (Å²) in [4.78, 5) is 12.1. The van der Waals surface area contributed by atoms with Gasteiger partial charge in [0.1, 0.15) is 21.1 Å². The molecule has 0 unspecified atom stereocenters. The molecule has 4 nitrogen and oxygen atoms in total.